The Morgan fingerprint density at radius 3 is 2.00 bits per heavy atom. The second kappa shape index (κ2) is 11.1. The zero-order valence-electron chi connectivity index (χ0n) is 12.6. The molecule has 0 heterocycles. The molecular weight excluding hydrogens is 279 g/mol. The van der Waals surface area contributed by atoms with Gasteiger partial charge in [-0.3, -0.25) is 4.57 Å². The van der Waals surface area contributed by atoms with Gasteiger partial charge in [-0.25, -0.2) is 4.79 Å². The highest BCUT2D eigenvalue weighted by Gasteiger charge is 2.24. The highest BCUT2D eigenvalue weighted by Crippen LogP contribution is 2.49. The molecule has 0 unspecified atom stereocenters. The molecule has 0 atom stereocenters. The van der Waals surface area contributed by atoms with Gasteiger partial charge in [0.05, 0.1) is 19.4 Å². The minimum atomic E-state index is -3.10. The lowest BCUT2D eigenvalue weighted by atomic mass is 10.2. The first-order chi connectivity index (χ1) is 9.45. The van der Waals surface area contributed by atoms with Gasteiger partial charge in [-0.05, 0) is 25.7 Å². The first-order valence-corrected chi connectivity index (χ1v) is 8.97. The first-order valence-electron chi connectivity index (χ1n) is 7.24. The molecule has 118 valence electrons. The van der Waals surface area contributed by atoms with Gasteiger partial charge in [-0.2, -0.15) is 0 Å². The zero-order chi connectivity index (χ0) is 15.4. The molecule has 0 aliphatic heterocycles. The lowest BCUT2D eigenvalue weighted by Gasteiger charge is -2.18. The van der Waals surface area contributed by atoms with Crippen molar-refractivity contribution in [1.82, 2.24) is 0 Å². The Hall–Kier alpha value is -0.640. The van der Waals surface area contributed by atoms with E-state index in [2.05, 4.69) is 6.58 Å². The molecule has 0 aromatic carbocycles. The number of aliphatic carboxylic acids is 1. The summed E-state index contributed by atoms with van der Waals surface area (Å²) in [7, 11) is -3.10. The van der Waals surface area contributed by atoms with E-state index in [0.29, 0.717) is 26.1 Å². The average molecular weight is 306 g/mol. The molecule has 0 aromatic rings. The largest absolute Gasteiger partial charge is 0.478 e. The summed E-state index contributed by atoms with van der Waals surface area (Å²) >= 11 is 0. The highest BCUT2D eigenvalue weighted by atomic mass is 31.2. The molecule has 0 saturated heterocycles. The molecule has 0 saturated carbocycles. The van der Waals surface area contributed by atoms with E-state index in [-0.39, 0.29) is 11.7 Å². The summed E-state index contributed by atoms with van der Waals surface area (Å²) in [6, 6.07) is 0. The highest BCUT2D eigenvalue weighted by molar-refractivity contribution is 7.53. The maximum absolute atomic E-state index is 12.5. The lowest BCUT2D eigenvalue weighted by molar-refractivity contribution is -0.132. The number of carboxylic acid groups (broad SMARTS) is 1. The van der Waals surface area contributed by atoms with Crippen LogP contribution in [0.1, 0.15) is 52.4 Å². The van der Waals surface area contributed by atoms with Crippen LogP contribution in [0.3, 0.4) is 0 Å². The molecule has 0 radical (unpaired) electrons. The van der Waals surface area contributed by atoms with E-state index in [4.69, 9.17) is 14.2 Å². The summed E-state index contributed by atoms with van der Waals surface area (Å²) < 4.78 is 23.3. The van der Waals surface area contributed by atoms with Crippen LogP contribution >= 0.6 is 7.60 Å². The van der Waals surface area contributed by atoms with Crippen molar-refractivity contribution in [1.29, 1.82) is 0 Å². The van der Waals surface area contributed by atoms with E-state index in [9.17, 15) is 9.36 Å². The van der Waals surface area contributed by atoms with Gasteiger partial charge in [0.1, 0.15) is 0 Å². The van der Waals surface area contributed by atoms with Crippen LogP contribution in [0.4, 0.5) is 0 Å². The maximum atomic E-state index is 12.5. The molecule has 20 heavy (non-hydrogen) atoms. The summed E-state index contributed by atoms with van der Waals surface area (Å²) in [6.07, 6.45) is 4.59. The van der Waals surface area contributed by atoms with Crippen LogP contribution in [0.2, 0.25) is 0 Å². The maximum Gasteiger partial charge on any atom is 0.330 e. The Labute approximate surface area is 121 Å². The normalized spacial score (nSPS) is 11.5. The van der Waals surface area contributed by atoms with Gasteiger partial charge in [-0.1, -0.05) is 33.3 Å². The molecule has 0 amide bonds. The van der Waals surface area contributed by atoms with Gasteiger partial charge in [0.15, 0.2) is 0 Å². The fraction of sp³-hybridized carbons (Fsp3) is 0.786. The van der Waals surface area contributed by atoms with Gasteiger partial charge in [-0.15, -0.1) is 0 Å². The topological polar surface area (TPSA) is 72.8 Å². The molecule has 0 aromatic heterocycles. The third kappa shape index (κ3) is 9.29. The van der Waals surface area contributed by atoms with Crippen LogP contribution in [0.15, 0.2) is 12.2 Å². The molecule has 6 heteroatoms. The molecule has 0 spiro atoms. The molecule has 0 fully saturated rings. The fourth-order valence-electron chi connectivity index (χ4n) is 1.46. The molecule has 0 aliphatic carbocycles. The molecular formula is C14H27O5P. The van der Waals surface area contributed by atoms with Crippen molar-refractivity contribution in [3.8, 4) is 0 Å². The molecule has 0 bridgehead atoms. The van der Waals surface area contributed by atoms with Crippen LogP contribution in [0.5, 0.6) is 0 Å². The number of hydrogen-bond acceptors (Lipinski definition) is 4. The van der Waals surface area contributed by atoms with Gasteiger partial charge in [0.25, 0.3) is 0 Å². The minimum absolute atomic E-state index is 0.124. The van der Waals surface area contributed by atoms with Crippen molar-refractivity contribution in [2.75, 3.05) is 19.4 Å². The number of unbranched alkanes of at least 4 members (excludes halogenated alkanes) is 2. The van der Waals surface area contributed by atoms with E-state index >= 15 is 0 Å². The number of carbonyl (C=O) groups is 1. The minimum Gasteiger partial charge on any atom is -0.478 e. The van der Waals surface area contributed by atoms with Gasteiger partial charge >= 0.3 is 13.6 Å². The number of hydrogen-bond donors (Lipinski definition) is 1. The van der Waals surface area contributed by atoms with Crippen molar-refractivity contribution in [3.05, 3.63) is 12.2 Å². The third-order valence-electron chi connectivity index (χ3n) is 2.78. The lowest BCUT2D eigenvalue weighted by Crippen LogP contribution is -2.05. The van der Waals surface area contributed by atoms with Crippen LogP contribution in [0, 0.1) is 0 Å². The monoisotopic (exact) mass is 306 g/mol. The van der Waals surface area contributed by atoms with E-state index in [0.717, 1.165) is 25.7 Å². The summed E-state index contributed by atoms with van der Waals surface area (Å²) in [5.74, 6) is -1.02. The van der Waals surface area contributed by atoms with Crippen LogP contribution in [-0.2, 0) is 18.4 Å². The van der Waals surface area contributed by atoms with E-state index in [1.54, 1.807) is 0 Å². The van der Waals surface area contributed by atoms with Crippen LogP contribution in [0.25, 0.3) is 0 Å². The predicted octanol–water partition coefficient (Wildman–Crippen LogP) is 4.23. The van der Waals surface area contributed by atoms with E-state index in [1.165, 1.54) is 0 Å². The van der Waals surface area contributed by atoms with E-state index < -0.39 is 13.6 Å². The average Bonchev–Trinajstić information content (AvgIpc) is 2.39. The Morgan fingerprint density at radius 2 is 1.60 bits per heavy atom. The molecule has 5 nitrogen and oxygen atoms in total. The standard InChI is InChI=1S/C14H27O5P/c1-4-6-10-18-20(17,19-11-7-5-2)12-8-9-13(3)14(15)16/h3-12H2,1-2H3,(H,15,16). The summed E-state index contributed by atoms with van der Waals surface area (Å²) in [4.78, 5) is 10.6. The second-order valence-electron chi connectivity index (χ2n) is 4.72. The fourth-order valence-corrected chi connectivity index (χ4v) is 3.15. The predicted molar refractivity (Wildman–Crippen MR) is 80.2 cm³/mol. The number of carboxylic acids is 1. The van der Waals surface area contributed by atoms with Crippen molar-refractivity contribution < 1.29 is 23.5 Å². The van der Waals surface area contributed by atoms with Crippen molar-refractivity contribution in [3.63, 3.8) is 0 Å². The molecule has 0 aliphatic rings. The Kier molecular flexibility index (Phi) is 10.7. The summed E-state index contributed by atoms with van der Waals surface area (Å²) in [5, 5.41) is 8.73. The first kappa shape index (κ1) is 19.4. The number of rotatable bonds is 13. The smallest absolute Gasteiger partial charge is 0.330 e. The van der Waals surface area contributed by atoms with Crippen molar-refractivity contribution in [2.24, 2.45) is 0 Å². The second-order valence-corrected chi connectivity index (χ2v) is 6.91. The Balaban J connectivity index is 4.25. The Morgan fingerprint density at radius 1 is 1.10 bits per heavy atom. The van der Waals surface area contributed by atoms with Gasteiger partial charge in [0, 0.05) is 5.57 Å². The van der Waals surface area contributed by atoms with Crippen LogP contribution in [-0.4, -0.2) is 30.5 Å². The summed E-state index contributed by atoms with van der Waals surface area (Å²) in [6.45, 7) is 8.35. The zero-order valence-corrected chi connectivity index (χ0v) is 13.5. The Bertz CT molecular complexity index is 326. The quantitative estimate of drug-likeness (QED) is 0.313. The summed E-state index contributed by atoms with van der Waals surface area (Å²) in [5.41, 5.74) is 0.124. The van der Waals surface area contributed by atoms with Crippen molar-refractivity contribution >= 4 is 13.6 Å². The third-order valence-corrected chi connectivity index (χ3v) is 4.80. The molecule has 1 N–H and O–H groups in total. The van der Waals surface area contributed by atoms with E-state index in [1.807, 2.05) is 13.8 Å². The molecule has 0 rings (SSSR count). The van der Waals surface area contributed by atoms with Crippen LogP contribution < -0.4 is 0 Å². The van der Waals surface area contributed by atoms with Crippen molar-refractivity contribution in [2.45, 2.75) is 52.4 Å². The van der Waals surface area contributed by atoms with Gasteiger partial charge in [0.2, 0.25) is 0 Å². The SMILES string of the molecule is C=C(CCCP(=O)(OCCCC)OCCCC)C(=O)O. The van der Waals surface area contributed by atoms with Gasteiger partial charge < -0.3 is 14.2 Å².